The Kier molecular flexibility index (Phi) is 6.28. The topological polar surface area (TPSA) is 12.0 Å². The molecule has 0 aliphatic heterocycles. The fourth-order valence-electron chi connectivity index (χ4n) is 0.118. The summed E-state index contributed by atoms with van der Waals surface area (Å²) in [6, 6.07) is 0. The van der Waals surface area contributed by atoms with Crippen LogP contribution in [0.15, 0.2) is 0 Å². The zero-order valence-corrected chi connectivity index (χ0v) is 5.66. The minimum Gasteiger partial charge on any atom is -0.255 e. The molecule has 0 unspecified atom stereocenters. The summed E-state index contributed by atoms with van der Waals surface area (Å²) in [6.07, 6.45) is 2.05. The summed E-state index contributed by atoms with van der Waals surface area (Å²) in [5, 5.41) is 0. The molecule has 1 N–H and O–H groups in total. The molecule has 0 aromatic carbocycles. The maximum absolute atomic E-state index is 3.08. The largest absolute Gasteiger partial charge is 0.255 e. The van der Waals surface area contributed by atoms with Gasteiger partial charge in [-0.3, -0.25) is 4.72 Å². The molecule has 0 spiro atoms. The molecule has 0 saturated carbocycles. The number of nitrogens with one attached hydrogen (secondary N) is 1. The van der Waals surface area contributed by atoms with Crippen molar-refractivity contribution in [3.8, 4) is 0 Å². The van der Waals surface area contributed by atoms with E-state index in [1.165, 1.54) is 0 Å². The van der Waals surface area contributed by atoms with E-state index in [4.69, 9.17) is 0 Å². The molecular weight excluding hydrogens is 114 g/mol. The molecule has 0 rings (SSSR count). The quantitative estimate of drug-likeness (QED) is 0.347. The lowest BCUT2D eigenvalue weighted by Gasteiger charge is -1.90. The van der Waals surface area contributed by atoms with E-state index in [0.29, 0.717) is 0 Å². The van der Waals surface area contributed by atoms with Crippen molar-refractivity contribution < 1.29 is 0 Å². The van der Waals surface area contributed by atoms with Crippen molar-refractivity contribution in [2.75, 3.05) is 12.8 Å². The van der Waals surface area contributed by atoms with Crippen molar-refractivity contribution in [2.24, 2.45) is 0 Å². The van der Waals surface area contributed by atoms with Gasteiger partial charge in [-0.15, -0.1) is 0 Å². The molecule has 0 saturated heterocycles. The van der Waals surface area contributed by atoms with Gasteiger partial charge in [0.2, 0.25) is 0 Å². The normalized spacial score (nSPS) is 9.00. The van der Waals surface area contributed by atoms with Crippen LogP contribution >= 0.6 is 21.8 Å². The molecule has 6 heavy (non-hydrogen) atoms. The highest BCUT2D eigenvalue weighted by atomic mass is 33.1. The lowest BCUT2D eigenvalue weighted by atomic mass is 10.8. The molecule has 0 amide bonds. The monoisotopic (exact) mass is 123 g/mol. The minimum atomic E-state index is 1.05. The lowest BCUT2D eigenvalue weighted by Crippen LogP contribution is -1.96. The van der Waals surface area contributed by atoms with E-state index in [-0.39, 0.29) is 0 Å². The van der Waals surface area contributed by atoms with Gasteiger partial charge in [0.15, 0.2) is 0 Å². The van der Waals surface area contributed by atoms with Gasteiger partial charge in [-0.05, 0) is 17.2 Å². The summed E-state index contributed by atoms with van der Waals surface area (Å²) >= 11 is 0. The Morgan fingerprint density at radius 3 is 2.50 bits per heavy atom. The van der Waals surface area contributed by atoms with Crippen LogP contribution in [0, 0.1) is 0 Å². The maximum Gasteiger partial charge on any atom is 0.00379 e. The Morgan fingerprint density at radius 2 is 2.33 bits per heavy atom. The van der Waals surface area contributed by atoms with Crippen LogP contribution in [0.3, 0.4) is 0 Å². The SMILES string of the molecule is CCNSSC. The van der Waals surface area contributed by atoms with E-state index in [1.807, 2.05) is 6.26 Å². The zero-order chi connectivity index (χ0) is 4.83. The van der Waals surface area contributed by atoms with Crippen LogP contribution in [-0.4, -0.2) is 12.8 Å². The van der Waals surface area contributed by atoms with Gasteiger partial charge in [0, 0.05) is 6.54 Å². The summed E-state index contributed by atoms with van der Waals surface area (Å²) in [6.45, 7) is 3.13. The average Bonchev–Trinajstić information content (AvgIpc) is 1.61. The van der Waals surface area contributed by atoms with Gasteiger partial charge in [0.1, 0.15) is 0 Å². The van der Waals surface area contributed by atoms with Crippen LogP contribution < -0.4 is 4.72 Å². The first-order chi connectivity index (χ1) is 2.91. The average molecular weight is 123 g/mol. The van der Waals surface area contributed by atoms with Crippen LogP contribution in [0.5, 0.6) is 0 Å². The Balaban J connectivity index is 2.34. The number of hydrogen-bond donors (Lipinski definition) is 1. The molecule has 0 aromatic heterocycles. The highest BCUT2D eigenvalue weighted by molar-refractivity contribution is 8.75. The molecule has 0 aromatic rings. The Bertz CT molecular complexity index is 20.8. The predicted molar refractivity (Wildman–Crippen MR) is 34.8 cm³/mol. The van der Waals surface area contributed by atoms with Crippen LogP contribution in [0.1, 0.15) is 6.92 Å². The van der Waals surface area contributed by atoms with Gasteiger partial charge in [-0.25, -0.2) is 0 Å². The molecule has 0 atom stereocenters. The third-order valence-electron chi connectivity index (χ3n) is 0.287. The second-order valence-electron chi connectivity index (χ2n) is 0.748. The summed E-state index contributed by atoms with van der Waals surface area (Å²) in [7, 11) is 3.41. The van der Waals surface area contributed by atoms with Gasteiger partial charge in [-0.2, -0.15) is 0 Å². The first-order valence-corrected chi connectivity index (χ1v) is 4.40. The molecule has 0 aliphatic carbocycles. The van der Waals surface area contributed by atoms with E-state index in [0.717, 1.165) is 6.54 Å². The summed E-state index contributed by atoms with van der Waals surface area (Å²) in [5.74, 6) is 0. The van der Waals surface area contributed by atoms with Crippen LogP contribution in [0.25, 0.3) is 0 Å². The summed E-state index contributed by atoms with van der Waals surface area (Å²) < 4.78 is 3.08. The molecule has 0 radical (unpaired) electrons. The third kappa shape index (κ3) is 4.66. The maximum atomic E-state index is 3.08. The Morgan fingerprint density at radius 1 is 1.67 bits per heavy atom. The minimum absolute atomic E-state index is 1.05. The van der Waals surface area contributed by atoms with Crippen molar-refractivity contribution in [1.29, 1.82) is 0 Å². The van der Waals surface area contributed by atoms with Crippen molar-refractivity contribution in [1.82, 2.24) is 4.72 Å². The van der Waals surface area contributed by atoms with Crippen molar-refractivity contribution in [3.05, 3.63) is 0 Å². The number of hydrogen-bond acceptors (Lipinski definition) is 3. The first kappa shape index (κ1) is 6.66. The predicted octanol–water partition coefficient (Wildman–Crippen LogP) is 1.52. The first-order valence-electron chi connectivity index (χ1n) is 1.84. The van der Waals surface area contributed by atoms with E-state index >= 15 is 0 Å². The summed E-state index contributed by atoms with van der Waals surface area (Å²) in [5.41, 5.74) is 0. The second-order valence-corrected chi connectivity index (χ2v) is 3.04. The standard InChI is InChI=1S/C3H9NS2/c1-3-4-6-5-2/h4H,3H2,1-2H3. The van der Waals surface area contributed by atoms with Gasteiger partial charge in [0.25, 0.3) is 0 Å². The van der Waals surface area contributed by atoms with Crippen molar-refractivity contribution in [2.45, 2.75) is 6.92 Å². The van der Waals surface area contributed by atoms with Gasteiger partial charge >= 0.3 is 0 Å². The van der Waals surface area contributed by atoms with Crippen molar-refractivity contribution >= 4 is 21.8 Å². The molecule has 1 nitrogen and oxygen atoms in total. The fraction of sp³-hybridized carbons (Fsp3) is 1.00. The molecule has 0 fully saturated rings. The van der Waals surface area contributed by atoms with E-state index in [2.05, 4.69) is 11.6 Å². The highest BCUT2D eigenvalue weighted by Gasteiger charge is 1.72. The number of rotatable bonds is 3. The van der Waals surface area contributed by atoms with E-state index in [1.54, 1.807) is 21.8 Å². The Labute approximate surface area is 46.8 Å². The van der Waals surface area contributed by atoms with Crippen LogP contribution in [0.4, 0.5) is 0 Å². The van der Waals surface area contributed by atoms with Crippen molar-refractivity contribution in [3.63, 3.8) is 0 Å². The molecule has 0 bridgehead atoms. The van der Waals surface area contributed by atoms with E-state index in [9.17, 15) is 0 Å². The van der Waals surface area contributed by atoms with Gasteiger partial charge < -0.3 is 0 Å². The Hall–Kier alpha value is 0.660. The lowest BCUT2D eigenvalue weighted by molar-refractivity contribution is 1.04. The van der Waals surface area contributed by atoms with E-state index < -0.39 is 0 Å². The highest BCUT2D eigenvalue weighted by Crippen LogP contribution is 2.09. The molecule has 38 valence electrons. The van der Waals surface area contributed by atoms with Gasteiger partial charge in [0.05, 0.1) is 0 Å². The molecular formula is C3H9NS2. The fourth-order valence-corrected chi connectivity index (χ4v) is 1.06. The second kappa shape index (κ2) is 5.66. The van der Waals surface area contributed by atoms with Gasteiger partial charge in [-0.1, -0.05) is 17.7 Å². The van der Waals surface area contributed by atoms with Crippen LogP contribution in [0.2, 0.25) is 0 Å². The summed E-state index contributed by atoms with van der Waals surface area (Å²) in [4.78, 5) is 0. The smallest absolute Gasteiger partial charge is 0.00379 e. The molecule has 3 heteroatoms. The molecule has 0 heterocycles. The molecule has 0 aliphatic rings. The van der Waals surface area contributed by atoms with Crippen LogP contribution in [-0.2, 0) is 0 Å². The zero-order valence-electron chi connectivity index (χ0n) is 4.02. The third-order valence-corrected chi connectivity index (χ3v) is 1.71.